The summed E-state index contributed by atoms with van der Waals surface area (Å²) in [5.41, 5.74) is 0. The molecule has 0 radical (unpaired) electrons. The Morgan fingerprint density at radius 1 is 1.36 bits per heavy atom. The number of fused-ring (bicyclic) bond motifs is 2. The molecule has 3 rings (SSSR count). The summed E-state index contributed by atoms with van der Waals surface area (Å²) in [5, 5.41) is 1.16. The predicted molar refractivity (Wildman–Crippen MR) is 53.2 cm³/mol. The second kappa shape index (κ2) is 3.14. The van der Waals surface area contributed by atoms with Crippen molar-refractivity contribution in [2.75, 3.05) is 0 Å². The molecule has 0 aromatic heterocycles. The lowest BCUT2D eigenvalue weighted by Gasteiger charge is -2.36. The molecule has 0 spiro atoms. The molecule has 0 aromatic rings. The number of carbonyl (C=O) groups excluding carboxylic acids is 1. The Kier molecular flexibility index (Phi) is 2.02. The first kappa shape index (κ1) is 9.04. The van der Waals surface area contributed by atoms with Gasteiger partial charge < -0.3 is 9.47 Å². The van der Waals surface area contributed by atoms with Crippen LogP contribution >= 0.6 is 11.8 Å². The van der Waals surface area contributed by atoms with Crippen molar-refractivity contribution in [1.82, 2.24) is 0 Å². The smallest absolute Gasteiger partial charge is 0.303 e. The number of rotatable bonds is 1. The van der Waals surface area contributed by atoms with Crippen molar-refractivity contribution < 1.29 is 14.3 Å². The summed E-state index contributed by atoms with van der Waals surface area (Å²) < 4.78 is 11.3. The van der Waals surface area contributed by atoms with E-state index in [2.05, 4.69) is 0 Å². The van der Waals surface area contributed by atoms with Crippen LogP contribution in [-0.4, -0.2) is 34.8 Å². The average molecular weight is 214 g/mol. The van der Waals surface area contributed by atoms with E-state index in [0.29, 0.717) is 16.6 Å². The predicted octanol–water partition coefficient (Wildman–Crippen LogP) is 1.35. The standard InChI is InChI=1S/C10H14O3S/c1-5(11)12-10-7-4-9-6(13-7)2-3-8(10)14-9/h6-10H,2-4H2,1H3. The molecule has 3 saturated heterocycles. The second-order valence-electron chi connectivity index (χ2n) is 4.31. The van der Waals surface area contributed by atoms with Crippen molar-refractivity contribution in [3.8, 4) is 0 Å². The third-order valence-corrected chi connectivity index (χ3v) is 5.05. The number of esters is 1. The van der Waals surface area contributed by atoms with Crippen LogP contribution < -0.4 is 0 Å². The van der Waals surface area contributed by atoms with Crippen LogP contribution in [0.1, 0.15) is 26.2 Å². The molecule has 3 nitrogen and oxygen atoms in total. The molecule has 0 aromatic carbocycles. The van der Waals surface area contributed by atoms with Crippen LogP contribution in [-0.2, 0) is 14.3 Å². The van der Waals surface area contributed by atoms with E-state index in [0.717, 1.165) is 19.3 Å². The van der Waals surface area contributed by atoms with Gasteiger partial charge in [0, 0.05) is 17.4 Å². The van der Waals surface area contributed by atoms with Crippen LogP contribution in [0.15, 0.2) is 0 Å². The third kappa shape index (κ3) is 1.27. The van der Waals surface area contributed by atoms with Crippen LogP contribution in [0, 0.1) is 0 Å². The van der Waals surface area contributed by atoms with E-state index in [-0.39, 0.29) is 18.2 Å². The molecule has 3 bridgehead atoms. The van der Waals surface area contributed by atoms with Crippen LogP contribution in [0.25, 0.3) is 0 Å². The highest BCUT2D eigenvalue weighted by Crippen LogP contribution is 2.50. The lowest BCUT2D eigenvalue weighted by atomic mass is 9.96. The van der Waals surface area contributed by atoms with E-state index in [1.165, 1.54) is 6.92 Å². The highest BCUT2D eigenvalue weighted by atomic mass is 32.2. The first-order valence-corrected chi connectivity index (χ1v) is 6.16. The van der Waals surface area contributed by atoms with Gasteiger partial charge in [-0.05, 0) is 19.3 Å². The van der Waals surface area contributed by atoms with Crippen LogP contribution in [0.4, 0.5) is 0 Å². The molecule has 5 unspecified atom stereocenters. The minimum atomic E-state index is -0.173. The molecule has 78 valence electrons. The van der Waals surface area contributed by atoms with Gasteiger partial charge in [0.25, 0.3) is 0 Å². The number of ether oxygens (including phenoxy) is 2. The van der Waals surface area contributed by atoms with Gasteiger partial charge in [-0.15, -0.1) is 11.8 Å². The molecular formula is C10H14O3S. The quantitative estimate of drug-likeness (QED) is 0.617. The average Bonchev–Trinajstić information content (AvgIpc) is 2.43. The zero-order valence-corrected chi connectivity index (χ0v) is 8.96. The zero-order valence-electron chi connectivity index (χ0n) is 8.14. The monoisotopic (exact) mass is 214 g/mol. The lowest BCUT2D eigenvalue weighted by Crippen LogP contribution is -2.43. The number of hydrogen-bond donors (Lipinski definition) is 0. The van der Waals surface area contributed by atoms with Gasteiger partial charge in [-0.1, -0.05) is 0 Å². The van der Waals surface area contributed by atoms with Crippen molar-refractivity contribution >= 4 is 17.7 Å². The Morgan fingerprint density at radius 3 is 3.00 bits per heavy atom. The molecule has 5 atom stereocenters. The topological polar surface area (TPSA) is 35.5 Å². The molecule has 3 fully saturated rings. The summed E-state index contributed by atoms with van der Waals surface area (Å²) in [4.78, 5) is 11.0. The fraction of sp³-hybridized carbons (Fsp3) is 0.900. The first-order valence-electron chi connectivity index (χ1n) is 5.22. The van der Waals surface area contributed by atoms with Crippen molar-refractivity contribution in [3.63, 3.8) is 0 Å². The Labute approximate surface area is 87.5 Å². The minimum Gasteiger partial charge on any atom is -0.459 e. The molecule has 0 saturated carbocycles. The summed E-state index contributed by atoms with van der Waals surface area (Å²) in [6.45, 7) is 1.48. The van der Waals surface area contributed by atoms with Gasteiger partial charge in [-0.3, -0.25) is 4.79 Å². The molecule has 3 aliphatic rings. The summed E-state index contributed by atoms with van der Waals surface area (Å²) in [5.74, 6) is -0.173. The van der Waals surface area contributed by atoms with E-state index in [1.807, 2.05) is 11.8 Å². The molecule has 14 heavy (non-hydrogen) atoms. The van der Waals surface area contributed by atoms with Gasteiger partial charge >= 0.3 is 5.97 Å². The van der Waals surface area contributed by atoms with Crippen molar-refractivity contribution in [2.45, 2.75) is 55.0 Å². The van der Waals surface area contributed by atoms with Gasteiger partial charge in [0.15, 0.2) is 0 Å². The van der Waals surface area contributed by atoms with E-state index in [1.54, 1.807) is 0 Å². The third-order valence-electron chi connectivity index (χ3n) is 3.35. The fourth-order valence-electron chi connectivity index (χ4n) is 2.80. The first-order chi connectivity index (χ1) is 6.74. The van der Waals surface area contributed by atoms with Crippen LogP contribution in [0.5, 0.6) is 0 Å². The Balaban J connectivity index is 1.81. The molecule has 0 amide bonds. The minimum absolute atomic E-state index is 0.0150. The number of thioether (sulfide) groups is 1. The number of hydrogen-bond acceptors (Lipinski definition) is 4. The van der Waals surface area contributed by atoms with Gasteiger partial charge in [-0.2, -0.15) is 0 Å². The maximum atomic E-state index is 11.0. The van der Waals surface area contributed by atoms with Gasteiger partial charge in [0.2, 0.25) is 0 Å². The molecular weight excluding hydrogens is 200 g/mol. The zero-order chi connectivity index (χ0) is 9.71. The van der Waals surface area contributed by atoms with Crippen molar-refractivity contribution in [2.24, 2.45) is 0 Å². The maximum Gasteiger partial charge on any atom is 0.303 e. The Hall–Kier alpha value is -0.220. The van der Waals surface area contributed by atoms with Gasteiger partial charge in [-0.25, -0.2) is 0 Å². The van der Waals surface area contributed by atoms with E-state index in [4.69, 9.17) is 9.47 Å². The molecule has 3 heterocycles. The van der Waals surface area contributed by atoms with E-state index >= 15 is 0 Å². The normalized spacial score (nSPS) is 49.4. The fourth-order valence-corrected chi connectivity index (χ4v) is 4.59. The van der Waals surface area contributed by atoms with Crippen molar-refractivity contribution in [3.05, 3.63) is 0 Å². The molecule has 0 aliphatic carbocycles. The van der Waals surface area contributed by atoms with E-state index < -0.39 is 0 Å². The van der Waals surface area contributed by atoms with Gasteiger partial charge in [0.05, 0.1) is 12.2 Å². The molecule has 3 aliphatic heterocycles. The second-order valence-corrected chi connectivity index (χ2v) is 5.80. The largest absolute Gasteiger partial charge is 0.459 e. The Morgan fingerprint density at radius 2 is 2.21 bits per heavy atom. The highest BCUT2D eigenvalue weighted by molar-refractivity contribution is 8.00. The van der Waals surface area contributed by atoms with Crippen LogP contribution in [0.2, 0.25) is 0 Å². The lowest BCUT2D eigenvalue weighted by molar-refractivity contribution is -0.152. The molecule has 4 heteroatoms. The summed E-state index contributed by atoms with van der Waals surface area (Å²) >= 11 is 1.97. The SMILES string of the molecule is CC(=O)OC1C2CC3SC1CCC3O2. The van der Waals surface area contributed by atoms with Gasteiger partial charge in [0.1, 0.15) is 6.10 Å². The summed E-state index contributed by atoms with van der Waals surface area (Å²) in [6, 6.07) is 0. The van der Waals surface area contributed by atoms with Crippen molar-refractivity contribution in [1.29, 1.82) is 0 Å². The van der Waals surface area contributed by atoms with E-state index in [9.17, 15) is 4.79 Å². The maximum absolute atomic E-state index is 11.0. The molecule has 0 N–H and O–H groups in total. The Bertz CT molecular complexity index is 260. The summed E-state index contributed by atoms with van der Waals surface area (Å²) in [6.07, 6.45) is 3.99. The highest BCUT2D eigenvalue weighted by Gasteiger charge is 2.52. The number of carbonyl (C=O) groups is 1. The van der Waals surface area contributed by atoms with Crippen LogP contribution in [0.3, 0.4) is 0 Å². The summed E-state index contributed by atoms with van der Waals surface area (Å²) in [7, 11) is 0.